The van der Waals surface area contributed by atoms with E-state index in [1.807, 2.05) is 38.4 Å². The summed E-state index contributed by atoms with van der Waals surface area (Å²) in [5, 5.41) is 14.4. The zero-order valence-corrected chi connectivity index (χ0v) is 11.1. The number of hydrogen-bond donors (Lipinski definition) is 3. The van der Waals surface area contributed by atoms with Crippen LogP contribution in [0.5, 0.6) is 0 Å². The predicted molar refractivity (Wildman–Crippen MR) is 72.5 cm³/mol. The van der Waals surface area contributed by atoms with Gasteiger partial charge in [-0.1, -0.05) is 12.1 Å². The lowest BCUT2D eigenvalue weighted by atomic mass is 10.2. The SMILES string of the molecule is CC(O)CNC(=O)Nc1cccc(CN(C)C)c1. The molecule has 0 heterocycles. The minimum absolute atomic E-state index is 0.239. The van der Waals surface area contributed by atoms with Gasteiger partial charge in [-0.25, -0.2) is 4.79 Å². The first-order valence-corrected chi connectivity index (χ1v) is 5.94. The number of anilines is 1. The third-order valence-corrected chi connectivity index (χ3v) is 2.24. The van der Waals surface area contributed by atoms with Gasteiger partial charge in [-0.3, -0.25) is 0 Å². The summed E-state index contributed by atoms with van der Waals surface area (Å²) < 4.78 is 0. The molecule has 0 saturated carbocycles. The summed E-state index contributed by atoms with van der Waals surface area (Å²) in [6.07, 6.45) is -0.546. The molecule has 0 radical (unpaired) electrons. The summed E-state index contributed by atoms with van der Waals surface area (Å²) in [7, 11) is 3.99. The number of aliphatic hydroxyl groups is 1. The molecule has 0 spiro atoms. The number of carbonyl (C=O) groups excluding carboxylic acids is 1. The van der Waals surface area contributed by atoms with E-state index in [4.69, 9.17) is 5.11 Å². The van der Waals surface area contributed by atoms with Crippen molar-refractivity contribution in [1.82, 2.24) is 10.2 Å². The van der Waals surface area contributed by atoms with E-state index in [-0.39, 0.29) is 12.6 Å². The van der Waals surface area contributed by atoms with Crippen molar-refractivity contribution in [2.45, 2.75) is 19.6 Å². The maximum absolute atomic E-state index is 11.5. The van der Waals surface area contributed by atoms with Gasteiger partial charge in [0.05, 0.1) is 6.10 Å². The summed E-state index contributed by atoms with van der Waals surface area (Å²) in [6.45, 7) is 2.69. The second-order valence-electron chi connectivity index (χ2n) is 4.62. The zero-order valence-electron chi connectivity index (χ0n) is 11.1. The number of amides is 2. The highest BCUT2D eigenvalue weighted by atomic mass is 16.3. The summed E-state index contributed by atoms with van der Waals surface area (Å²) in [5.41, 5.74) is 1.88. The van der Waals surface area contributed by atoms with Gasteiger partial charge < -0.3 is 20.6 Å². The quantitative estimate of drug-likeness (QED) is 0.738. The highest BCUT2D eigenvalue weighted by Crippen LogP contribution is 2.11. The minimum atomic E-state index is -0.546. The Morgan fingerprint density at radius 3 is 2.78 bits per heavy atom. The van der Waals surface area contributed by atoms with Crippen LogP contribution >= 0.6 is 0 Å². The van der Waals surface area contributed by atoms with Crippen molar-refractivity contribution < 1.29 is 9.90 Å². The first kappa shape index (κ1) is 14.5. The van der Waals surface area contributed by atoms with Crippen LogP contribution in [0, 0.1) is 0 Å². The molecular weight excluding hydrogens is 230 g/mol. The highest BCUT2D eigenvalue weighted by molar-refractivity contribution is 5.89. The van der Waals surface area contributed by atoms with Crippen LogP contribution in [0.25, 0.3) is 0 Å². The second kappa shape index (κ2) is 6.98. The van der Waals surface area contributed by atoms with E-state index in [2.05, 4.69) is 15.5 Å². The van der Waals surface area contributed by atoms with Crippen LogP contribution in [0.1, 0.15) is 12.5 Å². The molecule has 0 aliphatic rings. The highest BCUT2D eigenvalue weighted by Gasteiger charge is 2.04. The lowest BCUT2D eigenvalue weighted by Gasteiger charge is -2.12. The van der Waals surface area contributed by atoms with Crippen LogP contribution in [-0.4, -0.2) is 42.8 Å². The fourth-order valence-corrected chi connectivity index (χ4v) is 1.53. The molecule has 3 N–H and O–H groups in total. The molecule has 0 saturated heterocycles. The Labute approximate surface area is 108 Å². The number of urea groups is 1. The topological polar surface area (TPSA) is 64.6 Å². The molecule has 0 aliphatic heterocycles. The Kier molecular flexibility index (Phi) is 5.61. The molecule has 5 nitrogen and oxygen atoms in total. The van der Waals surface area contributed by atoms with E-state index in [0.717, 1.165) is 17.8 Å². The largest absolute Gasteiger partial charge is 0.392 e. The van der Waals surface area contributed by atoms with E-state index in [1.54, 1.807) is 6.92 Å². The second-order valence-corrected chi connectivity index (χ2v) is 4.62. The Bertz CT molecular complexity index is 392. The van der Waals surface area contributed by atoms with E-state index in [9.17, 15) is 4.79 Å². The maximum atomic E-state index is 11.5. The van der Waals surface area contributed by atoms with Crippen LogP contribution in [0.2, 0.25) is 0 Å². The molecule has 0 fully saturated rings. The van der Waals surface area contributed by atoms with Gasteiger partial charge in [0.25, 0.3) is 0 Å². The van der Waals surface area contributed by atoms with Crippen LogP contribution in [0.15, 0.2) is 24.3 Å². The zero-order chi connectivity index (χ0) is 13.5. The molecule has 1 rings (SSSR count). The number of nitrogens with zero attached hydrogens (tertiary/aromatic N) is 1. The van der Waals surface area contributed by atoms with Crippen molar-refractivity contribution in [3.05, 3.63) is 29.8 Å². The summed E-state index contributed by atoms with van der Waals surface area (Å²) in [4.78, 5) is 13.6. The van der Waals surface area contributed by atoms with Gasteiger partial charge in [0.2, 0.25) is 0 Å². The van der Waals surface area contributed by atoms with E-state index in [0.29, 0.717) is 0 Å². The summed E-state index contributed by atoms with van der Waals surface area (Å²) in [5.74, 6) is 0. The summed E-state index contributed by atoms with van der Waals surface area (Å²) >= 11 is 0. The molecule has 1 unspecified atom stereocenters. The lowest BCUT2D eigenvalue weighted by molar-refractivity contribution is 0.190. The van der Waals surface area contributed by atoms with Crippen molar-refractivity contribution in [3.8, 4) is 0 Å². The van der Waals surface area contributed by atoms with Gasteiger partial charge in [0, 0.05) is 18.8 Å². The molecule has 1 aromatic rings. The van der Waals surface area contributed by atoms with Crippen molar-refractivity contribution in [2.75, 3.05) is 26.0 Å². The van der Waals surface area contributed by atoms with E-state index in [1.165, 1.54) is 0 Å². The van der Waals surface area contributed by atoms with Gasteiger partial charge in [-0.2, -0.15) is 0 Å². The van der Waals surface area contributed by atoms with Crippen molar-refractivity contribution in [2.24, 2.45) is 0 Å². The molecule has 2 amide bonds. The lowest BCUT2D eigenvalue weighted by Crippen LogP contribution is -2.34. The number of hydrogen-bond acceptors (Lipinski definition) is 3. The standard InChI is InChI=1S/C13H21N3O2/c1-10(17)8-14-13(18)15-12-6-4-5-11(7-12)9-16(2)3/h4-7,10,17H,8-9H2,1-3H3,(H2,14,15,18). The van der Waals surface area contributed by atoms with E-state index < -0.39 is 6.10 Å². The first-order chi connectivity index (χ1) is 8.47. The molecular formula is C13H21N3O2. The van der Waals surface area contributed by atoms with Crippen molar-refractivity contribution in [1.29, 1.82) is 0 Å². The average Bonchev–Trinajstić information content (AvgIpc) is 2.26. The van der Waals surface area contributed by atoms with Crippen LogP contribution in [0.4, 0.5) is 10.5 Å². The molecule has 100 valence electrons. The monoisotopic (exact) mass is 251 g/mol. The number of rotatable bonds is 5. The van der Waals surface area contributed by atoms with Crippen LogP contribution in [0.3, 0.4) is 0 Å². The molecule has 0 bridgehead atoms. The predicted octanol–water partition coefficient (Wildman–Crippen LogP) is 1.25. The number of benzene rings is 1. The van der Waals surface area contributed by atoms with Gasteiger partial charge in [-0.15, -0.1) is 0 Å². The average molecular weight is 251 g/mol. The Balaban J connectivity index is 2.53. The van der Waals surface area contributed by atoms with Crippen molar-refractivity contribution in [3.63, 3.8) is 0 Å². The Morgan fingerprint density at radius 1 is 1.44 bits per heavy atom. The smallest absolute Gasteiger partial charge is 0.319 e. The van der Waals surface area contributed by atoms with E-state index >= 15 is 0 Å². The minimum Gasteiger partial charge on any atom is -0.392 e. The molecule has 1 atom stereocenters. The molecule has 18 heavy (non-hydrogen) atoms. The Morgan fingerprint density at radius 2 is 2.17 bits per heavy atom. The number of carbonyl (C=O) groups is 1. The number of aliphatic hydroxyl groups excluding tert-OH is 1. The Hall–Kier alpha value is -1.59. The number of nitrogens with one attached hydrogen (secondary N) is 2. The fraction of sp³-hybridized carbons (Fsp3) is 0.462. The summed E-state index contributed by atoms with van der Waals surface area (Å²) in [6, 6.07) is 7.38. The van der Waals surface area contributed by atoms with Crippen molar-refractivity contribution >= 4 is 11.7 Å². The van der Waals surface area contributed by atoms with Crippen LogP contribution in [-0.2, 0) is 6.54 Å². The van der Waals surface area contributed by atoms with Crippen LogP contribution < -0.4 is 10.6 Å². The normalized spacial score (nSPS) is 12.3. The molecule has 1 aromatic carbocycles. The molecule has 5 heteroatoms. The third kappa shape index (κ3) is 5.65. The fourth-order valence-electron chi connectivity index (χ4n) is 1.53. The maximum Gasteiger partial charge on any atom is 0.319 e. The van der Waals surface area contributed by atoms with Gasteiger partial charge in [0.1, 0.15) is 0 Å². The third-order valence-electron chi connectivity index (χ3n) is 2.24. The molecule has 0 aliphatic carbocycles. The van der Waals surface area contributed by atoms with Gasteiger partial charge in [-0.05, 0) is 38.7 Å². The van der Waals surface area contributed by atoms with Gasteiger partial charge >= 0.3 is 6.03 Å². The molecule has 0 aromatic heterocycles. The first-order valence-electron chi connectivity index (χ1n) is 5.94. The van der Waals surface area contributed by atoms with Gasteiger partial charge in [0.15, 0.2) is 0 Å².